The molecule has 0 atom stereocenters. The molecule has 0 aliphatic heterocycles. The van der Waals surface area contributed by atoms with Crippen LogP contribution in [0.1, 0.15) is 27.7 Å². The first-order valence-electron chi connectivity index (χ1n) is 5.66. The Bertz CT molecular complexity index is 344. The molecule has 0 fully saturated rings. The number of sulfonamides is 1. The Kier molecular flexibility index (Phi) is 6.48. The van der Waals surface area contributed by atoms with Gasteiger partial charge in [-0.1, -0.05) is 0 Å². The average molecular weight is 264 g/mol. The second kappa shape index (κ2) is 6.80. The van der Waals surface area contributed by atoms with Crippen molar-refractivity contribution in [1.82, 2.24) is 15.4 Å². The highest BCUT2D eigenvalue weighted by Crippen LogP contribution is 1.97. The number of aliphatic imine (C=N–C) groups is 1. The molecule has 0 aliphatic rings. The van der Waals surface area contributed by atoms with E-state index in [0.29, 0.717) is 19.0 Å². The quantitative estimate of drug-likeness (QED) is 0.367. The van der Waals surface area contributed by atoms with Crippen LogP contribution in [0.4, 0.5) is 0 Å². The first-order chi connectivity index (χ1) is 7.70. The van der Waals surface area contributed by atoms with E-state index in [-0.39, 0.29) is 11.3 Å². The zero-order valence-electron chi connectivity index (χ0n) is 11.3. The zero-order valence-corrected chi connectivity index (χ0v) is 12.1. The number of hydrogen-bond donors (Lipinski definition) is 3. The minimum absolute atomic E-state index is 0.0786. The summed E-state index contributed by atoms with van der Waals surface area (Å²) in [5.41, 5.74) is -0.0786. The van der Waals surface area contributed by atoms with Crippen molar-refractivity contribution in [1.29, 1.82) is 0 Å². The predicted octanol–water partition coefficient (Wildman–Crippen LogP) is -0.111. The largest absolute Gasteiger partial charge is 0.355 e. The highest BCUT2D eigenvalue weighted by Gasteiger charge is 2.11. The number of nitrogens with zero attached hydrogens (tertiary/aromatic N) is 1. The molecule has 17 heavy (non-hydrogen) atoms. The van der Waals surface area contributed by atoms with Crippen molar-refractivity contribution in [2.45, 2.75) is 33.2 Å². The van der Waals surface area contributed by atoms with Crippen molar-refractivity contribution in [3.8, 4) is 0 Å². The van der Waals surface area contributed by atoms with E-state index in [9.17, 15) is 8.42 Å². The number of nitrogens with one attached hydrogen (secondary N) is 3. The molecule has 0 aromatic carbocycles. The summed E-state index contributed by atoms with van der Waals surface area (Å²) in [6.07, 6.45) is 0. The molecule has 102 valence electrons. The second-order valence-corrected chi connectivity index (χ2v) is 6.77. The Balaban J connectivity index is 3.96. The van der Waals surface area contributed by atoms with E-state index >= 15 is 0 Å². The molecule has 0 heterocycles. The van der Waals surface area contributed by atoms with Crippen LogP contribution in [0.25, 0.3) is 0 Å². The van der Waals surface area contributed by atoms with Crippen LogP contribution >= 0.6 is 0 Å². The van der Waals surface area contributed by atoms with E-state index in [2.05, 4.69) is 20.3 Å². The molecule has 0 spiro atoms. The molecule has 0 aliphatic carbocycles. The molecule has 0 rings (SSSR count). The summed E-state index contributed by atoms with van der Waals surface area (Å²) >= 11 is 0. The summed E-state index contributed by atoms with van der Waals surface area (Å²) in [6, 6.07) is 0. The maximum Gasteiger partial charge on any atom is 0.211 e. The summed E-state index contributed by atoms with van der Waals surface area (Å²) in [5, 5.41) is 6.21. The maximum atomic E-state index is 11.2. The van der Waals surface area contributed by atoms with Gasteiger partial charge < -0.3 is 10.6 Å². The van der Waals surface area contributed by atoms with Crippen LogP contribution in [0, 0.1) is 0 Å². The van der Waals surface area contributed by atoms with E-state index in [1.165, 1.54) is 0 Å². The SMILES string of the molecule is CCS(=O)(=O)NCCNC(=NC)NC(C)(C)C. The fraction of sp³-hybridized carbons (Fsp3) is 0.900. The van der Waals surface area contributed by atoms with Gasteiger partial charge in [-0.2, -0.15) is 0 Å². The Labute approximate surface area is 104 Å². The third-order valence-corrected chi connectivity index (χ3v) is 3.24. The minimum Gasteiger partial charge on any atom is -0.355 e. The molecule has 0 aromatic heterocycles. The molecule has 0 amide bonds. The molecule has 0 aromatic rings. The Morgan fingerprint density at radius 2 is 1.82 bits per heavy atom. The molecule has 7 heteroatoms. The van der Waals surface area contributed by atoms with Gasteiger partial charge in [0.25, 0.3) is 0 Å². The lowest BCUT2D eigenvalue weighted by Gasteiger charge is -2.23. The van der Waals surface area contributed by atoms with Crippen LogP contribution in [0.3, 0.4) is 0 Å². The predicted molar refractivity (Wildman–Crippen MR) is 71.7 cm³/mol. The van der Waals surface area contributed by atoms with Gasteiger partial charge in [-0.05, 0) is 27.7 Å². The smallest absolute Gasteiger partial charge is 0.211 e. The second-order valence-electron chi connectivity index (χ2n) is 4.67. The summed E-state index contributed by atoms with van der Waals surface area (Å²) in [5.74, 6) is 0.760. The number of guanidine groups is 1. The van der Waals surface area contributed by atoms with Crippen molar-refractivity contribution in [3.63, 3.8) is 0 Å². The Morgan fingerprint density at radius 3 is 2.24 bits per heavy atom. The summed E-state index contributed by atoms with van der Waals surface area (Å²) in [7, 11) is -1.43. The van der Waals surface area contributed by atoms with Crippen molar-refractivity contribution < 1.29 is 8.42 Å². The van der Waals surface area contributed by atoms with Gasteiger partial charge >= 0.3 is 0 Å². The van der Waals surface area contributed by atoms with Gasteiger partial charge in [0.15, 0.2) is 5.96 Å². The van der Waals surface area contributed by atoms with Crippen LogP contribution in [-0.2, 0) is 10.0 Å². The fourth-order valence-electron chi connectivity index (χ4n) is 1.02. The van der Waals surface area contributed by atoms with Crippen molar-refractivity contribution in [2.24, 2.45) is 4.99 Å². The van der Waals surface area contributed by atoms with Crippen molar-refractivity contribution in [3.05, 3.63) is 0 Å². The monoisotopic (exact) mass is 264 g/mol. The lowest BCUT2D eigenvalue weighted by molar-refractivity contribution is 0.501. The standard InChI is InChI=1S/C10H24N4O2S/c1-6-17(15,16)13-8-7-12-9(11-5)14-10(2,3)4/h13H,6-8H2,1-5H3,(H2,11,12,14). The van der Waals surface area contributed by atoms with E-state index in [4.69, 9.17) is 0 Å². The van der Waals surface area contributed by atoms with E-state index in [0.717, 1.165) is 0 Å². The third-order valence-electron chi connectivity index (χ3n) is 1.84. The molecular weight excluding hydrogens is 240 g/mol. The molecule has 0 bridgehead atoms. The van der Waals surface area contributed by atoms with Crippen LogP contribution in [0.2, 0.25) is 0 Å². The minimum atomic E-state index is -3.11. The zero-order chi connectivity index (χ0) is 13.5. The molecule has 0 unspecified atom stereocenters. The van der Waals surface area contributed by atoms with E-state index in [1.54, 1.807) is 14.0 Å². The molecule has 0 radical (unpaired) electrons. The molecule has 3 N–H and O–H groups in total. The van der Waals surface area contributed by atoms with E-state index < -0.39 is 10.0 Å². The normalized spacial score (nSPS) is 13.6. The Hall–Kier alpha value is -0.820. The molecular formula is C10H24N4O2S. The maximum absolute atomic E-state index is 11.2. The first-order valence-corrected chi connectivity index (χ1v) is 7.31. The number of rotatable bonds is 5. The van der Waals surface area contributed by atoms with Gasteiger partial charge in [0.2, 0.25) is 10.0 Å². The highest BCUT2D eigenvalue weighted by atomic mass is 32.2. The van der Waals surface area contributed by atoms with Gasteiger partial charge in [0.1, 0.15) is 0 Å². The van der Waals surface area contributed by atoms with Gasteiger partial charge in [-0.3, -0.25) is 4.99 Å². The van der Waals surface area contributed by atoms with Crippen LogP contribution in [-0.4, -0.2) is 45.8 Å². The topological polar surface area (TPSA) is 82.6 Å². The molecule has 6 nitrogen and oxygen atoms in total. The summed E-state index contributed by atoms with van der Waals surface area (Å²) in [4.78, 5) is 4.04. The fourth-order valence-corrected chi connectivity index (χ4v) is 1.64. The van der Waals surface area contributed by atoms with Crippen molar-refractivity contribution in [2.75, 3.05) is 25.9 Å². The average Bonchev–Trinajstić information content (AvgIpc) is 2.21. The van der Waals surface area contributed by atoms with Gasteiger partial charge in [-0.25, -0.2) is 13.1 Å². The van der Waals surface area contributed by atoms with E-state index in [1.807, 2.05) is 20.8 Å². The van der Waals surface area contributed by atoms with Crippen molar-refractivity contribution >= 4 is 16.0 Å². The summed E-state index contributed by atoms with van der Waals surface area (Å²) in [6.45, 7) is 8.53. The lowest BCUT2D eigenvalue weighted by atomic mass is 10.1. The van der Waals surface area contributed by atoms with Gasteiger partial charge in [0.05, 0.1) is 5.75 Å². The molecule has 0 saturated heterocycles. The van der Waals surface area contributed by atoms with Crippen LogP contribution in [0.5, 0.6) is 0 Å². The lowest BCUT2D eigenvalue weighted by Crippen LogP contribution is -2.49. The van der Waals surface area contributed by atoms with Crippen LogP contribution < -0.4 is 15.4 Å². The first kappa shape index (κ1) is 16.2. The van der Waals surface area contributed by atoms with Crippen LogP contribution in [0.15, 0.2) is 4.99 Å². The third kappa shape index (κ3) is 8.93. The van der Waals surface area contributed by atoms with Gasteiger partial charge in [0, 0.05) is 25.7 Å². The molecule has 0 saturated carbocycles. The highest BCUT2D eigenvalue weighted by molar-refractivity contribution is 7.89. The van der Waals surface area contributed by atoms with Gasteiger partial charge in [-0.15, -0.1) is 0 Å². The summed E-state index contributed by atoms with van der Waals surface area (Å²) < 4.78 is 24.8. The Morgan fingerprint density at radius 1 is 1.24 bits per heavy atom. The number of hydrogen-bond acceptors (Lipinski definition) is 3.